The van der Waals surface area contributed by atoms with Crippen LogP contribution in [0.15, 0.2) is 51.9 Å². The van der Waals surface area contributed by atoms with Gasteiger partial charge in [0.05, 0.1) is 36.4 Å². The highest BCUT2D eigenvalue weighted by Gasteiger charge is 2.07. The number of para-hydroxylation sites is 1. The van der Waals surface area contributed by atoms with Gasteiger partial charge in [0.1, 0.15) is 11.5 Å². The molecule has 0 radical (unpaired) electrons. The number of rotatable bonds is 7. The molecule has 0 aliphatic carbocycles. The van der Waals surface area contributed by atoms with Crippen LogP contribution >= 0.6 is 23.1 Å². The number of amides is 1. The van der Waals surface area contributed by atoms with Crippen molar-refractivity contribution in [1.82, 2.24) is 10.4 Å². The minimum atomic E-state index is -0.196. The van der Waals surface area contributed by atoms with Crippen molar-refractivity contribution in [2.24, 2.45) is 5.10 Å². The number of carbonyl (C=O) groups excluding carboxylic acids is 1. The van der Waals surface area contributed by atoms with Gasteiger partial charge in [-0.15, -0.1) is 11.3 Å². The van der Waals surface area contributed by atoms with E-state index in [-0.39, 0.29) is 11.7 Å². The minimum absolute atomic E-state index is 0.196. The maximum atomic E-state index is 12.0. The summed E-state index contributed by atoms with van der Waals surface area (Å²) < 4.78 is 12.4. The van der Waals surface area contributed by atoms with E-state index in [2.05, 4.69) is 15.5 Å². The summed E-state index contributed by atoms with van der Waals surface area (Å²) in [5.41, 5.74) is 4.21. The first-order chi connectivity index (χ1) is 12.7. The van der Waals surface area contributed by atoms with E-state index in [1.54, 1.807) is 43.9 Å². The van der Waals surface area contributed by atoms with Gasteiger partial charge in [-0.2, -0.15) is 5.10 Å². The van der Waals surface area contributed by atoms with E-state index in [0.29, 0.717) is 11.5 Å². The van der Waals surface area contributed by atoms with Crippen LogP contribution in [0, 0.1) is 0 Å². The molecule has 0 saturated carbocycles. The molecule has 0 spiro atoms. The number of hydrogen-bond acceptors (Lipinski definition) is 7. The molecule has 1 amide bonds. The first-order valence-corrected chi connectivity index (χ1v) is 9.52. The highest BCUT2D eigenvalue weighted by Crippen LogP contribution is 2.29. The fourth-order valence-electron chi connectivity index (χ4n) is 2.17. The molecule has 3 rings (SSSR count). The Balaban J connectivity index is 1.54. The third-order valence-electron chi connectivity index (χ3n) is 3.43. The molecule has 26 heavy (non-hydrogen) atoms. The van der Waals surface area contributed by atoms with E-state index in [4.69, 9.17) is 9.47 Å². The number of ether oxygens (including phenoxy) is 2. The second kappa shape index (κ2) is 8.68. The van der Waals surface area contributed by atoms with Gasteiger partial charge < -0.3 is 9.47 Å². The molecule has 0 bridgehead atoms. The predicted octanol–water partition coefficient (Wildman–Crippen LogP) is 3.56. The molecule has 134 valence electrons. The van der Waals surface area contributed by atoms with Crippen LogP contribution in [0.1, 0.15) is 5.56 Å². The molecule has 0 atom stereocenters. The zero-order valence-electron chi connectivity index (χ0n) is 14.3. The Bertz CT molecular complexity index is 907. The molecule has 1 heterocycles. The second-order valence-corrected chi connectivity index (χ2v) is 7.39. The van der Waals surface area contributed by atoms with Crippen LogP contribution in [0.4, 0.5) is 0 Å². The molecule has 2 aromatic carbocycles. The first kappa shape index (κ1) is 18.2. The Morgan fingerprint density at radius 3 is 2.88 bits per heavy atom. The molecule has 8 heteroatoms. The SMILES string of the molecule is COc1ccc(C=NNC(=O)CSc2nc3ccccc3s2)c(OC)c1. The molecule has 0 saturated heterocycles. The topological polar surface area (TPSA) is 72.8 Å². The van der Waals surface area contributed by atoms with E-state index >= 15 is 0 Å². The van der Waals surface area contributed by atoms with Gasteiger partial charge in [0.15, 0.2) is 4.34 Å². The third-order valence-corrected chi connectivity index (χ3v) is 5.61. The van der Waals surface area contributed by atoms with Crippen LogP contribution in [0.5, 0.6) is 11.5 Å². The number of benzene rings is 2. The van der Waals surface area contributed by atoms with Gasteiger partial charge in [-0.05, 0) is 24.3 Å². The summed E-state index contributed by atoms with van der Waals surface area (Å²) in [6.45, 7) is 0. The number of thioether (sulfide) groups is 1. The van der Waals surface area contributed by atoms with E-state index in [1.807, 2.05) is 30.3 Å². The van der Waals surface area contributed by atoms with Gasteiger partial charge in [0, 0.05) is 11.6 Å². The number of hydrogen-bond donors (Lipinski definition) is 1. The third kappa shape index (κ3) is 4.53. The summed E-state index contributed by atoms with van der Waals surface area (Å²) in [6.07, 6.45) is 1.54. The van der Waals surface area contributed by atoms with Crippen LogP contribution in [0.25, 0.3) is 10.2 Å². The molecule has 0 fully saturated rings. The minimum Gasteiger partial charge on any atom is -0.497 e. The summed E-state index contributed by atoms with van der Waals surface area (Å²) in [5.74, 6) is 1.36. The Morgan fingerprint density at radius 1 is 1.27 bits per heavy atom. The Labute approximate surface area is 159 Å². The Hall–Kier alpha value is -2.58. The summed E-state index contributed by atoms with van der Waals surface area (Å²) in [6, 6.07) is 13.3. The zero-order chi connectivity index (χ0) is 18.4. The number of nitrogens with zero attached hydrogens (tertiary/aromatic N) is 2. The number of fused-ring (bicyclic) bond motifs is 1. The van der Waals surface area contributed by atoms with Crippen LogP contribution in [-0.4, -0.2) is 37.1 Å². The van der Waals surface area contributed by atoms with Crippen LogP contribution < -0.4 is 14.9 Å². The van der Waals surface area contributed by atoms with Crippen molar-refractivity contribution in [3.05, 3.63) is 48.0 Å². The van der Waals surface area contributed by atoms with Crippen LogP contribution in [0.3, 0.4) is 0 Å². The van der Waals surface area contributed by atoms with Crippen molar-refractivity contribution in [3.8, 4) is 11.5 Å². The van der Waals surface area contributed by atoms with Crippen molar-refractivity contribution < 1.29 is 14.3 Å². The van der Waals surface area contributed by atoms with Gasteiger partial charge in [-0.25, -0.2) is 10.4 Å². The molecule has 6 nitrogen and oxygen atoms in total. The van der Waals surface area contributed by atoms with Crippen molar-refractivity contribution in [1.29, 1.82) is 0 Å². The molecule has 1 aromatic heterocycles. The lowest BCUT2D eigenvalue weighted by atomic mass is 10.2. The lowest BCUT2D eigenvalue weighted by Gasteiger charge is -2.06. The predicted molar refractivity (Wildman–Crippen MR) is 106 cm³/mol. The monoisotopic (exact) mass is 387 g/mol. The summed E-state index contributed by atoms with van der Waals surface area (Å²) in [4.78, 5) is 16.4. The molecule has 0 aliphatic heterocycles. The Morgan fingerprint density at radius 2 is 2.12 bits per heavy atom. The number of thiazole rings is 1. The number of methoxy groups -OCH3 is 2. The fraction of sp³-hybridized carbons (Fsp3) is 0.167. The fourth-order valence-corrected chi connectivity index (χ4v) is 4.03. The lowest BCUT2D eigenvalue weighted by molar-refractivity contribution is -0.118. The number of aromatic nitrogens is 1. The largest absolute Gasteiger partial charge is 0.497 e. The normalized spacial score (nSPS) is 11.0. The molecule has 3 aromatic rings. The zero-order valence-corrected chi connectivity index (χ0v) is 15.9. The van der Waals surface area contributed by atoms with E-state index in [9.17, 15) is 4.79 Å². The standard InChI is InChI=1S/C18H17N3O3S2/c1-23-13-8-7-12(15(9-13)24-2)10-19-21-17(22)11-25-18-20-14-5-3-4-6-16(14)26-18/h3-10H,11H2,1-2H3,(H,21,22). The highest BCUT2D eigenvalue weighted by molar-refractivity contribution is 8.01. The van der Waals surface area contributed by atoms with E-state index < -0.39 is 0 Å². The van der Waals surface area contributed by atoms with Crippen molar-refractivity contribution in [2.45, 2.75) is 4.34 Å². The van der Waals surface area contributed by atoms with E-state index in [0.717, 1.165) is 20.1 Å². The smallest absolute Gasteiger partial charge is 0.250 e. The first-order valence-electron chi connectivity index (χ1n) is 7.72. The molecular weight excluding hydrogens is 370 g/mol. The van der Waals surface area contributed by atoms with Gasteiger partial charge in [-0.3, -0.25) is 4.79 Å². The molecule has 0 aliphatic rings. The Kier molecular flexibility index (Phi) is 6.08. The maximum absolute atomic E-state index is 12.0. The van der Waals surface area contributed by atoms with Gasteiger partial charge in [0.2, 0.25) is 0 Å². The van der Waals surface area contributed by atoms with Gasteiger partial charge in [-0.1, -0.05) is 23.9 Å². The molecular formula is C18H17N3O3S2. The maximum Gasteiger partial charge on any atom is 0.250 e. The molecule has 0 unspecified atom stereocenters. The van der Waals surface area contributed by atoms with Gasteiger partial charge in [0.25, 0.3) is 5.91 Å². The highest BCUT2D eigenvalue weighted by atomic mass is 32.2. The van der Waals surface area contributed by atoms with Crippen molar-refractivity contribution in [2.75, 3.05) is 20.0 Å². The number of carbonyl (C=O) groups is 1. The van der Waals surface area contributed by atoms with Crippen LogP contribution in [0.2, 0.25) is 0 Å². The second-order valence-electron chi connectivity index (χ2n) is 5.14. The summed E-state index contributed by atoms with van der Waals surface area (Å²) in [7, 11) is 3.16. The number of nitrogens with one attached hydrogen (secondary N) is 1. The number of hydrazone groups is 1. The van der Waals surface area contributed by atoms with Crippen molar-refractivity contribution in [3.63, 3.8) is 0 Å². The quantitative estimate of drug-likeness (QED) is 0.381. The van der Waals surface area contributed by atoms with E-state index in [1.165, 1.54) is 11.8 Å². The average Bonchev–Trinajstić information content (AvgIpc) is 3.09. The summed E-state index contributed by atoms with van der Waals surface area (Å²) in [5, 5.41) is 3.98. The molecule has 1 N–H and O–H groups in total. The lowest BCUT2D eigenvalue weighted by Crippen LogP contribution is -2.19. The van der Waals surface area contributed by atoms with Crippen LogP contribution in [-0.2, 0) is 4.79 Å². The average molecular weight is 387 g/mol. The van der Waals surface area contributed by atoms with Gasteiger partial charge >= 0.3 is 0 Å². The summed E-state index contributed by atoms with van der Waals surface area (Å²) >= 11 is 2.97. The van der Waals surface area contributed by atoms with Crippen molar-refractivity contribution >= 4 is 45.4 Å².